The fourth-order valence-electron chi connectivity index (χ4n) is 4.19. The summed E-state index contributed by atoms with van der Waals surface area (Å²) >= 11 is 0. The number of anilines is 2. The molecule has 4 rings (SSSR count). The summed E-state index contributed by atoms with van der Waals surface area (Å²) in [6.07, 6.45) is -4.39. The van der Waals surface area contributed by atoms with Gasteiger partial charge in [-0.3, -0.25) is 24.3 Å². The summed E-state index contributed by atoms with van der Waals surface area (Å²) in [5.74, 6) is -6.11. The molecule has 0 spiro atoms. The third kappa shape index (κ3) is 4.68. The lowest BCUT2D eigenvalue weighted by atomic mass is 10.0. The van der Waals surface area contributed by atoms with Crippen LogP contribution in [0, 0.1) is 11.7 Å². The number of carboxylic acid groups (broad SMARTS) is 1. The normalized spacial score (nSPS) is 18.9. The largest absolute Gasteiger partial charge is 0.481 e. The van der Waals surface area contributed by atoms with E-state index >= 15 is 0 Å². The number of benzene rings is 2. The molecule has 2 fully saturated rings. The van der Waals surface area contributed by atoms with E-state index in [0.29, 0.717) is 29.7 Å². The number of nitrogens with zero attached hydrogens (tertiary/aromatic N) is 3. The molecule has 9 nitrogen and oxygen atoms in total. The summed E-state index contributed by atoms with van der Waals surface area (Å²) in [6, 6.07) is 7.08. The Morgan fingerprint density at radius 1 is 1.03 bits per heavy atom. The number of carboxylic acids is 1. The molecule has 2 heterocycles. The van der Waals surface area contributed by atoms with Gasteiger partial charge in [-0.2, -0.15) is 13.2 Å². The lowest BCUT2D eigenvalue weighted by Crippen LogP contribution is -2.58. The van der Waals surface area contributed by atoms with Gasteiger partial charge < -0.3 is 10.4 Å². The highest BCUT2D eigenvalue weighted by molar-refractivity contribution is 6.12. The number of carbonyl (C=O) groups is 4. The van der Waals surface area contributed by atoms with Crippen LogP contribution in [0.4, 0.5) is 38.5 Å². The molecule has 5 amide bonds. The molecule has 0 saturated carbocycles. The van der Waals surface area contributed by atoms with Gasteiger partial charge in [0.25, 0.3) is 0 Å². The van der Waals surface area contributed by atoms with Crippen LogP contribution in [0.5, 0.6) is 0 Å². The van der Waals surface area contributed by atoms with Crippen molar-refractivity contribution in [3.05, 3.63) is 59.4 Å². The Kier molecular flexibility index (Phi) is 6.57. The highest BCUT2D eigenvalue weighted by Crippen LogP contribution is 2.36. The molecule has 36 heavy (non-hydrogen) atoms. The van der Waals surface area contributed by atoms with Gasteiger partial charge in [0.05, 0.1) is 12.1 Å². The number of carbonyl (C=O) groups excluding carboxylic acids is 3. The average Bonchev–Trinajstić information content (AvgIpc) is 2.81. The van der Waals surface area contributed by atoms with E-state index in [1.54, 1.807) is 0 Å². The fraction of sp³-hybridized carbons (Fsp3) is 0.304. The van der Waals surface area contributed by atoms with Crippen molar-refractivity contribution in [1.29, 1.82) is 0 Å². The molecule has 13 heteroatoms. The van der Waals surface area contributed by atoms with Gasteiger partial charge >= 0.3 is 24.2 Å². The van der Waals surface area contributed by atoms with Crippen molar-refractivity contribution in [2.24, 2.45) is 5.92 Å². The Labute approximate surface area is 201 Å². The van der Waals surface area contributed by atoms with E-state index in [-0.39, 0.29) is 11.7 Å². The standard InChI is InChI=1S/C23H20F4N4O5/c24-17-4-1-3-13(18(17)23(25,26)27)11-31-19(32)16(20(33)34)12-30(22(31)36)15-7-5-14(6-8-15)29-10-2-9-28-21(29)35/h1,3-8,16H,2,9-12H2,(H,28,35)(H,33,34). The summed E-state index contributed by atoms with van der Waals surface area (Å²) in [5.41, 5.74) is -1.65. The molecule has 0 aliphatic carbocycles. The summed E-state index contributed by atoms with van der Waals surface area (Å²) in [6.45, 7) is -0.525. The van der Waals surface area contributed by atoms with E-state index in [9.17, 15) is 41.8 Å². The Bertz CT molecular complexity index is 1220. The number of alkyl halides is 3. The van der Waals surface area contributed by atoms with Crippen LogP contribution >= 0.6 is 0 Å². The first-order valence-electron chi connectivity index (χ1n) is 10.8. The predicted molar refractivity (Wildman–Crippen MR) is 118 cm³/mol. The molecule has 2 N–H and O–H groups in total. The van der Waals surface area contributed by atoms with E-state index in [0.717, 1.165) is 23.5 Å². The van der Waals surface area contributed by atoms with Gasteiger partial charge in [0.1, 0.15) is 5.82 Å². The Morgan fingerprint density at radius 3 is 2.25 bits per heavy atom. The summed E-state index contributed by atoms with van der Waals surface area (Å²) in [7, 11) is 0. The van der Waals surface area contributed by atoms with Gasteiger partial charge in [0, 0.05) is 31.0 Å². The van der Waals surface area contributed by atoms with Crippen molar-refractivity contribution in [2.45, 2.75) is 19.1 Å². The first-order chi connectivity index (χ1) is 17.0. The number of nitrogens with one attached hydrogen (secondary N) is 1. The van der Waals surface area contributed by atoms with E-state index < -0.39 is 60.0 Å². The van der Waals surface area contributed by atoms with E-state index in [1.807, 2.05) is 0 Å². The minimum atomic E-state index is -5.11. The van der Waals surface area contributed by atoms with Crippen LogP contribution in [0.15, 0.2) is 42.5 Å². The van der Waals surface area contributed by atoms with Crippen molar-refractivity contribution in [1.82, 2.24) is 10.2 Å². The third-order valence-electron chi connectivity index (χ3n) is 5.95. The van der Waals surface area contributed by atoms with Crippen molar-refractivity contribution in [2.75, 3.05) is 29.4 Å². The maximum absolute atomic E-state index is 14.0. The molecule has 2 aliphatic heterocycles. The number of halogens is 4. The Morgan fingerprint density at radius 2 is 1.67 bits per heavy atom. The number of rotatable bonds is 5. The molecule has 0 radical (unpaired) electrons. The smallest absolute Gasteiger partial charge is 0.419 e. The maximum Gasteiger partial charge on any atom is 0.419 e. The highest BCUT2D eigenvalue weighted by Gasteiger charge is 2.45. The number of amides is 5. The average molecular weight is 508 g/mol. The van der Waals surface area contributed by atoms with E-state index in [1.165, 1.54) is 29.2 Å². The topological polar surface area (TPSA) is 110 Å². The van der Waals surface area contributed by atoms with Crippen LogP contribution in [-0.2, 0) is 22.3 Å². The number of hydrogen-bond donors (Lipinski definition) is 2. The first kappa shape index (κ1) is 24.9. The Balaban J connectivity index is 1.66. The lowest BCUT2D eigenvalue weighted by molar-refractivity contribution is -0.151. The maximum atomic E-state index is 14.0. The van der Waals surface area contributed by atoms with E-state index in [4.69, 9.17) is 0 Å². The number of imide groups is 1. The second kappa shape index (κ2) is 9.47. The molecule has 190 valence electrons. The molecule has 1 unspecified atom stereocenters. The third-order valence-corrected chi connectivity index (χ3v) is 5.95. The number of hydrogen-bond acceptors (Lipinski definition) is 4. The van der Waals surface area contributed by atoms with Gasteiger partial charge in [0.2, 0.25) is 5.91 Å². The van der Waals surface area contributed by atoms with Gasteiger partial charge in [-0.05, 0) is 42.3 Å². The fourth-order valence-corrected chi connectivity index (χ4v) is 4.19. The number of aliphatic carboxylic acids is 1. The van der Waals surface area contributed by atoms with Gasteiger partial charge in [-0.15, -0.1) is 0 Å². The minimum absolute atomic E-state index is 0.167. The van der Waals surface area contributed by atoms with Gasteiger partial charge in [0.15, 0.2) is 5.92 Å². The lowest BCUT2D eigenvalue weighted by Gasteiger charge is -2.37. The molecular weight excluding hydrogens is 488 g/mol. The zero-order chi connectivity index (χ0) is 26.2. The van der Waals surface area contributed by atoms with Gasteiger partial charge in [-0.1, -0.05) is 12.1 Å². The van der Waals surface area contributed by atoms with Crippen LogP contribution in [0.25, 0.3) is 0 Å². The molecule has 2 aromatic rings. The van der Waals surface area contributed by atoms with E-state index in [2.05, 4.69) is 5.32 Å². The van der Waals surface area contributed by atoms with Crippen LogP contribution in [-0.4, -0.2) is 53.6 Å². The molecular formula is C23H20F4N4O5. The summed E-state index contributed by atoms with van der Waals surface area (Å²) in [4.78, 5) is 52.6. The molecule has 2 aromatic carbocycles. The quantitative estimate of drug-likeness (QED) is 0.475. The predicted octanol–water partition coefficient (Wildman–Crippen LogP) is 3.43. The Hall–Kier alpha value is -4.16. The molecule has 1 atom stereocenters. The van der Waals surface area contributed by atoms with Crippen LogP contribution in [0.1, 0.15) is 17.5 Å². The zero-order valence-electron chi connectivity index (χ0n) is 18.6. The molecule has 2 aliphatic rings. The molecule has 2 saturated heterocycles. The molecule has 0 aromatic heterocycles. The molecule has 0 bridgehead atoms. The van der Waals surface area contributed by atoms with Crippen LogP contribution in [0.2, 0.25) is 0 Å². The SMILES string of the molecule is O=C(O)C1CN(c2ccc(N3CCCNC3=O)cc2)C(=O)N(Cc2cccc(F)c2C(F)(F)F)C1=O. The highest BCUT2D eigenvalue weighted by atomic mass is 19.4. The second-order valence-corrected chi connectivity index (χ2v) is 8.23. The zero-order valence-corrected chi connectivity index (χ0v) is 18.6. The monoisotopic (exact) mass is 508 g/mol. The summed E-state index contributed by atoms with van der Waals surface area (Å²) in [5, 5.41) is 12.2. The van der Waals surface area contributed by atoms with Crippen LogP contribution in [0.3, 0.4) is 0 Å². The van der Waals surface area contributed by atoms with Crippen LogP contribution < -0.4 is 15.1 Å². The first-order valence-corrected chi connectivity index (χ1v) is 10.8. The number of urea groups is 2. The minimum Gasteiger partial charge on any atom is -0.481 e. The second-order valence-electron chi connectivity index (χ2n) is 8.23. The van der Waals surface area contributed by atoms with Crippen molar-refractivity contribution >= 4 is 35.3 Å². The van der Waals surface area contributed by atoms with Crippen molar-refractivity contribution in [3.63, 3.8) is 0 Å². The van der Waals surface area contributed by atoms with Gasteiger partial charge in [-0.25, -0.2) is 14.0 Å². The van der Waals surface area contributed by atoms with Crippen molar-refractivity contribution < 1.29 is 41.8 Å². The van der Waals surface area contributed by atoms with Crippen molar-refractivity contribution in [3.8, 4) is 0 Å². The summed E-state index contributed by atoms with van der Waals surface area (Å²) < 4.78 is 54.4.